The number of carbonyl (C=O) groups excluding carboxylic acids is 3. The average molecular weight is 440 g/mol. The van der Waals surface area contributed by atoms with Crippen LogP contribution in [-0.2, 0) is 23.7 Å². The number of epoxide rings is 1. The third kappa shape index (κ3) is 7.83. The molecular weight excluding hydrogens is 402 g/mol. The zero-order valence-corrected chi connectivity index (χ0v) is 20.3. The zero-order valence-electron chi connectivity index (χ0n) is 20.3. The van der Waals surface area contributed by atoms with Crippen LogP contribution >= 0.6 is 0 Å². The molecule has 0 saturated carbocycles. The Bertz CT molecular complexity index is 721. The van der Waals surface area contributed by atoms with Crippen molar-refractivity contribution in [2.24, 2.45) is 0 Å². The fourth-order valence-electron chi connectivity index (χ4n) is 3.33. The lowest BCUT2D eigenvalue weighted by atomic mass is 10.1. The lowest BCUT2D eigenvalue weighted by Gasteiger charge is -2.30. The second-order valence-corrected chi connectivity index (χ2v) is 11.0. The van der Waals surface area contributed by atoms with Gasteiger partial charge in [0.25, 0.3) is 0 Å². The summed E-state index contributed by atoms with van der Waals surface area (Å²) in [5.74, 6) is -0.273. The third-order valence-corrected chi connectivity index (χ3v) is 4.33. The Balaban J connectivity index is 2.21. The molecule has 1 saturated heterocycles. The van der Waals surface area contributed by atoms with Crippen molar-refractivity contribution in [1.29, 1.82) is 0 Å². The molecule has 1 fully saturated rings. The van der Waals surface area contributed by atoms with Crippen LogP contribution in [0.3, 0.4) is 0 Å². The first kappa shape index (κ1) is 25.2. The minimum atomic E-state index is -0.794. The van der Waals surface area contributed by atoms with Crippen molar-refractivity contribution in [3.05, 3.63) is 11.3 Å². The van der Waals surface area contributed by atoms with Gasteiger partial charge in [0, 0.05) is 6.42 Å². The van der Waals surface area contributed by atoms with Gasteiger partial charge in [-0.15, -0.1) is 0 Å². The highest BCUT2D eigenvalue weighted by Gasteiger charge is 2.54. The summed E-state index contributed by atoms with van der Waals surface area (Å²) in [5, 5.41) is 0. The third-order valence-electron chi connectivity index (χ3n) is 4.33. The Kier molecular flexibility index (Phi) is 7.15. The molecule has 8 nitrogen and oxygen atoms in total. The summed E-state index contributed by atoms with van der Waals surface area (Å²) < 4.78 is 21.9. The van der Waals surface area contributed by atoms with E-state index in [1.54, 1.807) is 41.5 Å². The Morgan fingerprint density at radius 2 is 1.35 bits per heavy atom. The van der Waals surface area contributed by atoms with Crippen molar-refractivity contribution in [2.45, 2.75) is 117 Å². The van der Waals surface area contributed by atoms with Crippen LogP contribution in [0.2, 0.25) is 0 Å². The van der Waals surface area contributed by atoms with E-state index in [2.05, 4.69) is 0 Å². The minimum absolute atomic E-state index is 0.0566. The molecule has 0 aromatic carbocycles. The second-order valence-electron chi connectivity index (χ2n) is 11.0. The molecule has 2 amide bonds. The van der Waals surface area contributed by atoms with E-state index in [1.165, 1.54) is 0 Å². The Morgan fingerprint density at radius 1 is 0.871 bits per heavy atom. The van der Waals surface area contributed by atoms with Gasteiger partial charge in [0.2, 0.25) is 0 Å². The summed E-state index contributed by atoms with van der Waals surface area (Å²) in [4.78, 5) is 38.9. The van der Waals surface area contributed by atoms with Crippen molar-refractivity contribution < 1.29 is 33.3 Å². The Labute approximate surface area is 185 Å². The number of esters is 1. The highest BCUT2D eigenvalue weighted by atomic mass is 16.6. The monoisotopic (exact) mass is 439 g/mol. The standard InChI is InChI=1S/C23H37NO7/c1-21(2,3)29-16(25)12-10-11-14-13-15-18(28-15)17(14)24(19(26)30-22(4,5)6)20(27)31-23(7,8)9/h15,18H,10-13H2,1-9H3. The first-order chi connectivity index (χ1) is 14.0. The summed E-state index contributed by atoms with van der Waals surface area (Å²) >= 11 is 0. The SMILES string of the molecule is CC(C)(C)OC(=O)CCCC1=C(N(C(=O)OC(C)(C)C)C(=O)OC(C)(C)C)C2OC2C1. The predicted octanol–water partition coefficient (Wildman–Crippen LogP) is 5.10. The lowest BCUT2D eigenvalue weighted by molar-refractivity contribution is -0.154. The van der Waals surface area contributed by atoms with Crippen LogP contribution in [0, 0.1) is 0 Å². The molecule has 8 heteroatoms. The van der Waals surface area contributed by atoms with Gasteiger partial charge in [-0.1, -0.05) is 0 Å². The van der Waals surface area contributed by atoms with Crippen LogP contribution in [0.1, 0.15) is 88.0 Å². The number of fused-ring (bicyclic) bond motifs is 1. The van der Waals surface area contributed by atoms with E-state index >= 15 is 0 Å². The maximum Gasteiger partial charge on any atom is 0.424 e. The van der Waals surface area contributed by atoms with Crippen molar-refractivity contribution in [3.8, 4) is 0 Å². The van der Waals surface area contributed by atoms with E-state index in [0.29, 0.717) is 25.0 Å². The van der Waals surface area contributed by atoms with E-state index in [0.717, 1.165) is 10.5 Å². The molecule has 1 aliphatic carbocycles. The van der Waals surface area contributed by atoms with Gasteiger partial charge in [-0.25, -0.2) is 9.59 Å². The van der Waals surface area contributed by atoms with E-state index in [9.17, 15) is 14.4 Å². The summed E-state index contributed by atoms with van der Waals surface area (Å²) in [6, 6.07) is 0. The van der Waals surface area contributed by atoms with E-state index in [-0.39, 0.29) is 24.6 Å². The Morgan fingerprint density at radius 3 is 1.81 bits per heavy atom. The number of carbonyl (C=O) groups is 3. The van der Waals surface area contributed by atoms with Crippen molar-refractivity contribution in [1.82, 2.24) is 4.90 Å². The van der Waals surface area contributed by atoms with E-state index in [4.69, 9.17) is 18.9 Å². The maximum absolute atomic E-state index is 13.0. The number of nitrogens with zero attached hydrogens (tertiary/aromatic N) is 1. The number of hydrogen-bond acceptors (Lipinski definition) is 7. The second kappa shape index (κ2) is 8.81. The smallest absolute Gasteiger partial charge is 0.424 e. The van der Waals surface area contributed by atoms with Gasteiger partial charge in [-0.2, -0.15) is 4.90 Å². The predicted molar refractivity (Wildman–Crippen MR) is 114 cm³/mol. The molecule has 2 rings (SSSR count). The van der Waals surface area contributed by atoms with Crippen LogP contribution in [0.5, 0.6) is 0 Å². The molecule has 0 N–H and O–H groups in total. The van der Waals surface area contributed by atoms with E-state index in [1.807, 2.05) is 20.8 Å². The molecule has 31 heavy (non-hydrogen) atoms. The highest BCUT2D eigenvalue weighted by Crippen LogP contribution is 2.46. The fourth-order valence-corrected chi connectivity index (χ4v) is 3.33. The van der Waals surface area contributed by atoms with Gasteiger partial charge < -0.3 is 18.9 Å². The van der Waals surface area contributed by atoms with Gasteiger partial charge in [0.1, 0.15) is 22.9 Å². The first-order valence-corrected chi connectivity index (χ1v) is 10.8. The molecule has 0 aromatic heterocycles. The molecule has 0 radical (unpaired) electrons. The van der Waals surface area contributed by atoms with E-state index < -0.39 is 29.0 Å². The zero-order chi connectivity index (χ0) is 23.8. The van der Waals surface area contributed by atoms with Crippen molar-refractivity contribution in [3.63, 3.8) is 0 Å². The van der Waals surface area contributed by atoms with Crippen LogP contribution in [-0.4, -0.2) is 52.1 Å². The molecule has 0 aromatic rings. The van der Waals surface area contributed by atoms with Gasteiger partial charge in [0.15, 0.2) is 0 Å². The number of rotatable bonds is 5. The normalized spacial score (nSPS) is 20.8. The van der Waals surface area contributed by atoms with Crippen LogP contribution in [0.25, 0.3) is 0 Å². The molecule has 2 aliphatic rings. The topological polar surface area (TPSA) is 94.7 Å². The quantitative estimate of drug-likeness (QED) is 0.334. The largest absolute Gasteiger partial charge is 0.460 e. The van der Waals surface area contributed by atoms with Gasteiger partial charge >= 0.3 is 18.2 Å². The maximum atomic E-state index is 13.0. The summed E-state index contributed by atoms with van der Waals surface area (Å²) in [7, 11) is 0. The number of imide groups is 1. The summed E-state index contributed by atoms with van der Waals surface area (Å²) in [6.45, 7) is 15.9. The van der Waals surface area contributed by atoms with Gasteiger partial charge in [-0.05, 0) is 87.1 Å². The number of hydrogen-bond donors (Lipinski definition) is 0. The minimum Gasteiger partial charge on any atom is -0.460 e. The van der Waals surface area contributed by atoms with Crippen LogP contribution < -0.4 is 0 Å². The summed E-state index contributed by atoms with van der Waals surface area (Å²) in [6.07, 6.45) is -0.0264. The number of ether oxygens (including phenoxy) is 4. The van der Waals surface area contributed by atoms with Crippen LogP contribution in [0.15, 0.2) is 11.3 Å². The van der Waals surface area contributed by atoms with Crippen molar-refractivity contribution >= 4 is 18.2 Å². The molecule has 1 heterocycles. The molecular formula is C23H37NO7. The van der Waals surface area contributed by atoms with Crippen LogP contribution in [0.4, 0.5) is 9.59 Å². The van der Waals surface area contributed by atoms with Gasteiger partial charge in [0.05, 0.1) is 11.8 Å². The fraction of sp³-hybridized carbons (Fsp3) is 0.783. The molecule has 176 valence electrons. The average Bonchev–Trinajstić information content (AvgIpc) is 3.17. The Hall–Kier alpha value is -2.09. The molecule has 0 bridgehead atoms. The van der Waals surface area contributed by atoms with Gasteiger partial charge in [-0.3, -0.25) is 4.79 Å². The first-order valence-electron chi connectivity index (χ1n) is 10.8. The number of amides is 2. The van der Waals surface area contributed by atoms with Crippen molar-refractivity contribution in [2.75, 3.05) is 0 Å². The lowest BCUT2D eigenvalue weighted by Crippen LogP contribution is -2.44. The molecule has 1 aliphatic heterocycles. The molecule has 0 spiro atoms. The summed E-state index contributed by atoms with van der Waals surface area (Å²) in [5.41, 5.74) is -0.706. The molecule has 2 unspecified atom stereocenters. The highest BCUT2D eigenvalue weighted by molar-refractivity contribution is 5.91. The molecule has 2 atom stereocenters.